The van der Waals surface area contributed by atoms with E-state index in [1.165, 1.54) is 25.7 Å². The second-order valence-electron chi connectivity index (χ2n) is 5.24. The van der Waals surface area contributed by atoms with Crippen LogP contribution in [0, 0.1) is 0 Å². The summed E-state index contributed by atoms with van der Waals surface area (Å²) in [6, 6.07) is 2.11. The Kier molecular flexibility index (Phi) is 7.09. The van der Waals surface area contributed by atoms with Crippen molar-refractivity contribution in [2.75, 3.05) is 26.8 Å². The zero-order valence-electron chi connectivity index (χ0n) is 12.0. The fourth-order valence-corrected chi connectivity index (χ4v) is 2.88. The number of nitrogens with zero attached hydrogens (tertiary/aromatic N) is 1. The van der Waals surface area contributed by atoms with Crippen LogP contribution in [0.4, 0.5) is 0 Å². The highest BCUT2D eigenvalue weighted by atomic mass is 16.5. The van der Waals surface area contributed by atoms with Crippen LogP contribution in [0.3, 0.4) is 0 Å². The maximum absolute atomic E-state index is 5.26. The van der Waals surface area contributed by atoms with Crippen molar-refractivity contribution in [3.8, 4) is 0 Å². The molecule has 1 N–H and O–H groups in total. The van der Waals surface area contributed by atoms with Gasteiger partial charge in [0.05, 0.1) is 6.61 Å². The van der Waals surface area contributed by atoms with Crippen LogP contribution in [0.25, 0.3) is 0 Å². The number of methoxy groups -OCH3 is 1. The number of hydrogen-bond acceptors (Lipinski definition) is 3. The molecule has 17 heavy (non-hydrogen) atoms. The van der Waals surface area contributed by atoms with Crippen molar-refractivity contribution in [1.29, 1.82) is 0 Å². The molecule has 0 aromatic heterocycles. The van der Waals surface area contributed by atoms with Crippen LogP contribution < -0.4 is 5.32 Å². The van der Waals surface area contributed by atoms with Crippen LogP contribution in [-0.2, 0) is 4.74 Å². The molecule has 102 valence electrons. The van der Waals surface area contributed by atoms with Crippen molar-refractivity contribution in [1.82, 2.24) is 10.2 Å². The Balaban J connectivity index is 2.54. The summed E-state index contributed by atoms with van der Waals surface area (Å²) in [5.74, 6) is 0. The summed E-state index contributed by atoms with van der Waals surface area (Å²) in [4.78, 5) is 2.67. The highest BCUT2D eigenvalue weighted by Crippen LogP contribution is 2.19. The minimum atomic E-state index is 0.692. The van der Waals surface area contributed by atoms with Crippen molar-refractivity contribution >= 4 is 0 Å². The van der Waals surface area contributed by atoms with Gasteiger partial charge in [0.25, 0.3) is 0 Å². The molecule has 0 bridgehead atoms. The van der Waals surface area contributed by atoms with Gasteiger partial charge in [-0.05, 0) is 32.6 Å². The van der Waals surface area contributed by atoms with Gasteiger partial charge in [0.2, 0.25) is 0 Å². The van der Waals surface area contributed by atoms with E-state index in [2.05, 4.69) is 31.0 Å². The molecule has 1 heterocycles. The second-order valence-corrected chi connectivity index (χ2v) is 5.24. The fraction of sp³-hybridized carbons (Fsp3) is 1.00. The fourth-order valence-electron chi connectivity index (χ4n) is 2.88. The van der Waals surface area contributed by atoms with E-state index < -0.39 is 0 Å². The first kappa shape index (κ1) is 14.9. The molecule has 1 rings (SSSR count). The van der Waals surface area contributed by atoms with Crippen LogP contribution in [-0.4, -0.2) is 49.8 Å². The van der Waals surface area contributed by atoms with E-state index in [0.717, 1.165) is 19.7 Å². The van der Waals surface area contributed by atoms with Crippen molar-refractivity contribution < 1.29 is 4.74 Å². The molecule has 0 amide bonds. The zero-order chi connectivity index (χ0) is 12.7. The van der Waals surface area contributed by atoms with E-state index in [1.54, 1.807) is 7.11 Å². The summed E-state index contributed by atoms with van der Waals surface area (Å²) < 4.78 is 5.26. The molecule has 3 nitrogen and oxygen atoms in total. The molecule has 1 aliphatic heterocycles. The Hall–Kier alpha value is -0.120. The third-order valence-electron chi connectivity index (χ3n) is 4.07. The Morgan fingerprint density at radius 1 is 1.29 bits per heavy atom. The van der Waals surface area contributed by atoms with E-state index in [0.29, 0.717) is 18.1 Å². The molecule has 1 fully saturated rings. The van der Waals surface area contributed by atoms with Gasteiger partial charge in [0.15, 0.2) is 0 Å². The van der Waals surface area contributed by atoms with E-state index >= 15 is 0 Å². The van der Waals surface area contributed by atoms with E-state index in [1.807, 2.05) is 0 Å². The van der Waals surface area contributed by atoms with Crippen LogP contribution >= 0.6 is 0 Å². The first-order valence-corrected chi connectivity index (χ1v) is 7.20. The smallest absolute Gasteiger partial charge is 0.0589 e. The van der Waals surface area contributed by atoms with Gasteiger partial charge in [0, 0.05) is 38.3 Å². The summed E-state index contributed by atoms with van der Waals surface area (Å²) in [6.45, 7) is 9.94. The maximum Gasteiger partial charge on any atom is 0.0589 e. The molecule has 0 saturated carbocycles. The molecule has 3 heteroatoms. The average Bonchev–Trinajstić information content (AvgIpc) is 2.36. The topological polar surface area (TPSA) is 24.5 Å². The molecule has 0 radical (unpaired) electrons. The molecule has 0 aromatic carbocycles. The molecular weight excluding hydrogens is 212 g/mol. The summed E-state index contributed by atoms with van der Waals surface area (Å²) in [5, 5.41) is 3.61. The average molecular weight is 242 g/mol. The predicted octanol–water partition coefficient (Wildman–Crippen LogP) is 2.26. The molecule has 0 aliphatic carbocycles. The number of piperidine rings is 1. The van der Waals surface area contributed by atoms with E-state index in [9.17, 15) is 0 Å². The normalized spacial score (nSPS) is 25.8. The van der Waals surface area contributed by atoms with Gasteiger partial charge in [-0.2, -0.15) is 0 Å². The van der Waals surface area contributed by atoms with Crippen LogP contribution in [0.5, 0.6) is 0 Å². The van der Waals surface area contributed by atoms with E-state index in [4.69, 9.17) is 4.74 Å². The van der Waals surface area contributed by atoms with Gasteiger partial charge in [-0.1, -0.05) is 13.8 Å². The minimum Gasteiger partial charge on any atom is -0.383 e. The highest BCUT2D eigenvalue weighted by Gasteiger charge is 2.27. The quantitative estimate of drug-likeness (QED) is 0.741. The van der Waals surface area contributed by atoms with Gasteiger partial charge in [0.1, 0.15) is 0 Å². The maximum atomic E-state index is 5.26. The lowest BCUT2D eigenvalue weighted by Gasteiger charge is -2.41. The first-order valence-electron chi connectivity index (χ1n) is 7.20. The summed E-state index contributed by atoms with van der Waals surface area (Å²) in [5.41, 5.74) is 0. The first-order chi connectivity index (χ1) is 8.22. The number of ether oxygens (including phenoxy) is 1. The Labute approximate surface area is 107 Å². The van der Waals surface area contributed by atoms with Crippen LogP contribution in [0.1, 0.15) is 46.5 Å². The van der Waals surface area contributed by atoms with Crippen LogP contribution in [0.2, 0.25) is 0 Å². The third-order valence-corrected chi connectivity index (χ3v) is 4.07. The lowest BCUT2D eigenvalue weighted by Crippen LogP contribution is -2.53. The van der Waals surface area contributed by atoms with Crippen molar-refractivity contribution in [2.45, 2.75) is 64.6 Å². The standard InChI is InChI=1S/C14H30N2O/c1-5-13(6-2)16(9-10-17-4)14-8-7-12(3)15-11-14/h12-15H,5-11H2,1-4H3. The Morgan fingerprint density at radius 3 is 2.47 bits per heavy atom. The Morgan fingerprint density at radius 2 is 2.00 bits per heavy atom. The molecule has 0 spiro atoms. The van der Waals surface area contributed by atoms with Gasteiger partial charge in [-0.25, -0.2) is 0 Å². The number of nitrogens with one attached hydrogen (secondary N) is 1. The second kappa shape index (κ2) is 8.06. The monoisotopic (exact) mass is 242 g/mol. The largest absolute Gasteiger partial charge is 0.383 e. The third kappa shape index (κ3) is 4.57. The molecule has 2 unspecified atom stereocenters. The van der Waals surface area contributed by atoms with E-state index in [-0.39, 0.29) is 0 Å². The van der Waals surface area contributed by atoms with Crippen molar-refractivity contribution in [3.05, 3.63) is 0 Å². The predicted molar refractivity (Wildman–Crippen MR) is 73.4 cm³/mol. The molecule has 1 aliphatic rings. The lowest BCUT2D eigenvalue weighted by molar-refractivity contribution is 0.0640. The number of rotatable bonds is 7. The molecule has 0 aromatic rings. The lowest BCUT2D eigenvalue weighted by atomic mass is 9.98. The highest BCUT2D eigenvalue weighted by molar-refractivity contribution is 4.85. The number of hydrogen-bond donors (Lipinski definition) is 1. The minimum absolute atomic E-state index is 0.692. The zero-order valence-corrected chi connectivity index (χ0v) is 12.0. The molecule has 2 atom stereocenters. The van der Waals surface area contributed by atoms with Crippen molar-refractivity contribution in [3.63, 3.8) is 0 Å². The van der Waals surface area contributed by atoms with Gasteiger partial charge in [-0.15, -0.1) is 0 Å². The van der Waals surface area contributed by atoms with Crippen LogP contribution in [0.15, 0.2) is 0 Å². The summed E-state index contributed by atoms with van der Waals surface area (Å²) in [7, 11) is 1.80. The van der Waals surface area contributed by atoms with Gasteiger partial charge >= 0.3 is 0 Å². The summed E-state index contributed by atoms with van der Waals surface area (Å²) in [6.07, 6.45) is 5.11. The SMILES string of the molecule is CCC(CC)N(CCOC)C1CCC(C)NC1. The van der Waals surface area contributed by atoms with Crippen molar-refractivity contribution in [2.24, 2.45) is 0 Å². The summed E-state index contributed by atoms with van der Waals surface area (Å²) >= 11 is 0. The Bertz CT molecular complexity index is 187. The molecular formula is C14H30N2O. The van der Waals surface area contributed by atoms with Gasteiger partial charge < -0.3 is 10.1 Å². The molecule has 1 saturated heterocycles. The van der Waals surface area contributed by atoms with Gasteiger partial charge in [-0.3, -0.25) is 4.90 Å².